The summed E-state index contributed by atoms with van der Waals surface area (Å²) < 4.78 is 6.67. The normalized spacial score (nSPS) is 16.8. The Kier molecular flexibility index (Phi) is 4.59. The predicted molar refractivity (Wildman–Crippen MR) is 108 cm³/mol. The first-order valence-corrected chi connectivity index (χ1v) is 9.72. The molecule has 4 rings (SSSR count). The standard InChI is InChI=1S/C20H17BrN2OS/c1-24-18-6-3-2-5-16(18)17-13-23(15-10-8-14(21)9-11-15)22-20(17)19-7-4-12-25-19/h2-12,17H,13H2,1H3/t17-/m1/s1. The van der Waals surface area contributed by atoms with Gasteiger partial charge in [0, 0.05) is 10.0 Å². The number of nitrogens with zero attached hydrogens (tertiary/aromatic N) is 2. The fraction of sp³-hybridized carbons (Fsp3) is 0.150. The molecule has 25 heavy (non-hydrogen) atoms. The summed E-state index contributed by atoms with van der Waals surface area (Å²) in [5.74, 6) is 1.09. The molecule has 3 aromatic rings. The van der Waals surface area contributed by atoms with Gasteiger partial charge in [0.05, 0.1) is 35.8 Å². The molecule has 2 heterocycles. The van der Waals surface area contributed by atoms with Crippen molar-refractivity contribution in [3.05, 3.63) is 81.0 Å². The highest BCUT2D eigenvalue weighted by molar-refractivity contribution is 9.10. The Morgan fingerprint density at radius 1 is 1.08 bits per heavy atom. The first kappa shape index (κ1) is 16.4. The predicted octanol–water partition coefficient (Wildman–Crippen LogP) is 5.53. The zero-order chi connectivity index (χ0) is 17.2. The number of hydrogen-bond acceptors (Lipinski definition) is 4. The molecule has 126 valence electrons. The third-order valence-electron chi connectivity index (χ3n) is 4.33. The molecule has 0 bridgehead atoms. The Balaban J connectivity index is 1.76. The van der Waals surface area contributed by atoms with Crippen LogP contribution < -0.4 is 9.75 Å². The van der Waals surface area contributed by atoms with Crippen LogP contribution >= 0.6 is 27.3 Å². The number of hydrogen-bond donors (Lipinski definition) is 0. The Bertz CT molecular complexity index is 890. The van der Waals surface area contributed by atoms with Gasteiger partial charge >= 0.3 is 0 Å². The van der Waals surface area contributed by atoms with Crippen LogP contribution in [0.2, 0.25) is 0 Å². The number of rotatable bonds is 4. The number of anilines is 1. The van der Waals surface area contributed by atoms with Crippen molar-refractivity contribution < 1.29 is 4.74 Å². The third kappa shape index (κ3) is 3.22. The van der Waals surface area contributed by atoms with Crippen molar-refractivity contribution in [1.29, 1.82) is 0 Å². The average molecular weight is 413 g/mol. The summed E-state index contributed by atoms with van der Waals surface area (Å²) in [6, 6.07) is 20.7. The van der Waals surface area contributed by atoms with Gasteiger partial charge in [0.1, 0.15) is 5.75 Å². The summed E-state index contributed by atoms with van der Waals surface area (Å²) in [5, 5.41) is 9.13. The fourth-order valence-corrected chi connectivity index (χ4v) is 4.15. The molecule has 0 radical (unpaired) electrons. The van der Waals surface area contributed by atoms with Crippen molar-refractivity contribution in [2.75, 3.05) is 18.7 Å². The first-order chi connectivity index (χ1) is 12.3. The highest BCUT2D eigenvalue weighted by Gasteiger charge is 2.32. The molecule has 0 N–H and O–H groups in total. The lowest BCUT2D eigenvalue weighted by Gasteiger charge is -2.18. The lowest BCUT2D eigenvalue weighted by molar-refractivity contribution is 0.409. The second-order valence-corrected chi connectivity index (χ2v) is 7.68. The average Bonchev–Trinajstić information content (AvgIpc) is 3.32. The molecule has 1 aliphatic heterocycles. The molecule has 0 fully saturated rings. The Hall–Kier alpha value is -2.11. The summed E-state index contributed by atoms with van der Waals surface area (Å²) in [6.45, 7) is 0.801. The lowest BCUT2D eigenvalue weighted by atomic mass is 9.93. The number of methoxy groups -OCH3 is 1. The van der Waals surface area contributed by atoms with Crippen LogP contribution in [0.25, 0.3) is 0 Å². The summed E-state index contributed by atoms with van der Waals surface area (Å²) in [7, 11) is 1.72. The molecule has 0 amide bonds. The minimum absolute atomic E-state index is 0.179. The van der Waals surface area contributed by atoms with E-state index >= 15 is 0 Å². The van der Waals surface area contributed by atoms with Gasteiger partial charge in [0.25, 0.3) is 0 Å². The number of benzene rings is 2. The van der Waals surface area contributed by atoms with Crippen LogP contribution in [0.5, 0.6) is 5.75 Å². The lowest BCUT2D eigenvalue weighted by Crippen LogP contribution is -2.18. The van der Waals surface area contributed by atoms with Gasteiger partial charge in [0.15, 0.2) is 0 Å². The molecule has 0 saturated heterocycles. The van der Waals surface area contributed by atoms with Crippen molar-refractivity contribution in [1.82, 2.24) is 0 Å². The van der Waals surface area contributed by atoms with E-state index < -0.39 is 0 Å². The molecular weight excluding hydrogens is 396 g/mol. The minimum Gasteiger partial charge on any atom is -0.496 e. The van der Waals surface area contributed by atoms with Gasteiger partial charge in [0.2, 0.25) is 0 Å². The number of ether oxygens (including phenoxy) is 1. The van der Waals surface area contributed by atoms with Gasteiger partial charge in [-0.25, -0.2) is 0 Å². The van der Waals surface area contributed by atoms with Crippen LogP contribution in [0.4, 0.5) is 5.69 Å². The van der Waals surface area contributed by atoms with Crippen molar-refractivity contribution >= 4 is 38.7 Å². The Labute approximate surface area is 159 Å². The van der Waals surface area contributed by atoms with E-state index in [0.717, 1.165) is 28.2 Å². The number of thiophene rings is 1. The Morgan fingerprint density at radius 3 is 2.60 bits per heavy atom. The van der Waals surface area contributed by atoms with Gasteiger partial charge in [-0.3, -0.25) is 5.01 Å². The van der Waals surface area contributed by atoms with Crippen molar-refractivity contribution in [3.8, 4) is 5.75 Å². The maximum absolute atomic E-state index is 5.60. The topological polar surface area (TPSA) is 24.8 Å². The molecule has 3 nitrogen and oxygen atoms in total. The summed E-state index contributed by atoms with van der Waals surface area (Å²) in [4.78, 5) is 1.20. The van der Waals surface area contributed by atoms with Gasteiger partial charge in [-0.05, 0) is 41.8 Å². The van der Waals surface area contributed by atoms with E-state index in [2.05, 4.69) is 62.7 Å². The highest BCUT2D eigenvalue weighted by Crippen LogP contribution is 2.37. The molecule has 0 spiro atoms. The molecule has 0 aliphatic carbocycles. The number of para-hydroxylation sites is 1. The van der Waals surface area contributed by atoms with E-state index in [1.54, 1.807) is 18.4 Å². The molecule has 1 aliphatic rings. The van der Waals surface area contributed by atoms with Gasteiger partial charge < -0.3 is 4.74 Å². The SMILES string of the molecule is COc1ccccc1[C@H]1CN(c2ccc(Br)cc2)N=C1c1cccs1. The smallest absolute Gasteiger partial charge is 0.122 e. The number of halogens is 1. The van der Waals surface area contributed by atoms with Crippen LogP contribution in [0.3, 0.4) is 0 Å². The monoisotopic (exact) mass is 412 g/mol. The quantitative estimate of drug-likeness (QED) is 0.562. The molecule has 5 heteroatoms. The second kappa shape index (κ2) is 7.02. The van der Waals surface area contributed by atoms with Crippen LogP contribution in [0, 0.1) is 0 Å². The van der Waals surface area contributed by atoms with Gasteiger partial charge in [-0.2, -0.15) is 5.10 Å². The fourth-order valence-electron chi connectivity index (χ4n) is 3.12. The van der Waals surface area contributed by atoms with E-state index in [-0.39, 0.29) is 5.92 Å². The van der Waals surface area contributed by atoms with Crippen molar-refractivity contribution in [3.63, 3.8) is 0 Å². The van der Waals surface area contributed by atoms with E-state index in [1.165, 1.54) is 10.4 Å². The third-order valence-corrected chi connectivity index (χ3v) is 5.75. The highest BCUT2D eigenvalue weighted by atomic mass is 79.9. The number of hydrazone groups is 1. The molecule has 0 unspecified atom stereocenters. The molecule has 1 aromatic heterocycles. The summed E-state index contributed by atoms with van der Waals surface area (Å²) >= 11 is 5.22. The van der Waals surface area contributed by atoms with E-state index in [1.807, 2.05) is 24.3 Å². The molecular formula is C20H17BrN2OS. The maximum Gasteiger partial charge on any atom is 0.122 e. The van der Waals surface area contributed by atoms with Gasteiger partial charge in [-0.1, -0.05) is 40.2 Å². The van der Waals surface area contributed by atoms with E-state index in [4.69, 9.17) is 9.84 Å². The zero-order valence-corrected chi connectivity index (χ0v) is 16.1. The van der Waals surface area contributed by atoms with Crippen LogP contribution in [-0.2, 0) is 0 Å². The van der Waals surface area contributed by atoms with E-state index in [0.29, 0.717) is 0 Å². The van der Waals surface area contributed by atoms with Gasteiger partial charge in [-0.15, -0.1) is 11.3 Å². The van der Waals surface area contributed by atoms with Crippen LogP contribution in [0.15, 0.2) is 75.6 Å². The largest absolute Gasteiger partial charge is 0.496 e. The van der Waals surface area contributed by atoms with Crippen LogP contribution in [0.1, 0.15) is 16.4 Å². The molecule has 1 atom stereocenters. The minimum atomic E-state index is 0.179. The van der Waals surface area contributed by atoms with Crippen molar-refractivity contribution in [2.45, 2.75) is 5.92 Å². The van der Waals surface area contributed by atoms with Crippen molar-refractivity contribution in [2.24, 2.45) is 5.10 Å². The molecule has 2 aromatic carbocycles. The summed E-state index contributed by atoms with van der Waals surface area (Å²) in [5.41, 5.74) is 3.37. The Morgan fingerprint density at radius 2 is 1.88 bits per heavy atom. The summed E-state index contributed by atoms with van der Waals surface area (Å²) in [6.07, 6.45) is 0. The zero-order valence-electron chi connectivity index (χ0n) is 13.7. The van der Waals surface area contributed by atoms with E-state index in [9.17, 15) is 0 Å². The van der Waals surface area contributed by atoms with Crippen LogP contribution in [-0.4, -0.2) is 19.4 Å². The maximum atomic E-state index is 5.60. The molecule has 0 saturated carbocycles. The first-order valence-electron chi connectivity index (χ1n) is 8.04. The second-order valence-electron chi connectivity index (χ2n) is 5.82.